The highest BCUT2D eigenvalue weighted by molar-refractivity contribution is 6.36. The van der Waals surface area contributed by atoms with E-state index in [1.807, 2.05) is 0 Å². The second-order valence-corrected chi connectivity index (χ2v) is 3.93. The number of halogens is 2. The van der Waals surface area contributed by atoms with Crippen LogP contribution >= 0.6 is 23.2 Å². The third kappa shape index (κ3) is 2.48. The van der Waals surface area contributed by atoms with E-state index in [2.05, 4.69) is 19.9 Å². The molecule has 0 amide bonds. The lowest BCUT2D eigenvalue weighted by Crippen LogP contribution is -2.15. The molecule has 1 aromatic heterocycles. The summed E-state index contributed by atoms with van der Waals surface area (Å²) in [7, 11) is 0. The van der Waals surface area contributed by atoms with Gasteiger partial charge in [-0.25, -0.2) is 9.62 Å². The predicted octanol–water partition coefficient (Wildman–Crippen LogP) is 2.00. The summed E-state index contributed by atoms with van der Waals surface area (Å²) in [6, 6.07) is 4.82. The van der Waals surface area contributed by atoms with Gasteiger partial charge in [0.05, 0.1) is 10.7 Å². The summed E-state index contributed by atoms with van der Waals surface area (Å²) in [5.74, 6) is 0.129. The summed E-state index contributed by atoms with van der Waals surface area (Å²) in [4.78, 5) is 4.06. The summed E-state index contributed by atoms with van der Waals surface area (Å²) in [5, 5.41) is 7.80. The van der Waals surface area contributed by atoms with Gasteiger partial charge in [-0.15, -0.1) is 0 Å². The minimum absolute atomic E-state index is 0.0629. The number of aliphatic imine (C=N–C) groups is 1. The molecule has 0 bridgehead atoms. The quantitative estimate of drug-likeness (QED) is 0.642. The molecule has 0 aliphatic heterocycles. The SMILES string of the molecule is NC(=Nc1ccc(Cl)cc1Cl)c1nonc1N. The lowest BCUT2D eigenvalue weighted by molar-refractivity contribution is 0.308. The average molecular weight is 272 g/mol. The molecule has 0 fully saturated rings. The van der Waals surface area contributed by atoms with Crippen LogP contribution in [0.1, 0.15) is 5.69 Å². The maximum atomic E-state index is 5.94. The van der Waals surface area contributed by atoms with Crippen LogP contribution < -0.4 is 11.5 Å². The largest absolute Gasteiger partial charge is 0.382 e. The van der Waals surface area contributed by atoms with Crippen LogP contribution in [0.25, 0.3) is 0 Å². The standard InChI is InChI=1S/C9H7Cl2N5O/c10-4-1-2-6(5(11)3-4)14-8(12)7-9(13)16-17-15-7/h1-3H,(H2,12,14)(H2,13,16). The van der Waals surface area contributed by atoms with Crippen molar-refractivity contribution in [3.8, 4) is 0 Å². The number of aromatic nitrogens is 2. The number of nitrogen functional groups attached to an aromatic ring is 1. The molecule has 4 N–H and O–H groups in total. The van der Waals surface area contributed by atoms with Gasteiger partial charge < -0.3 is 11.5 Å². The van der Waals surface area contributed by atoms with Crippen molar-refractivity contribution in [3.63, 3.8) is 0 Å². The van der Waals surface area contributed by atoms with Crippen LogP contribution in [0.2, 0.25) is 10.0 Å². The molecule has 0 radical (unpaired) electrons. The highest BCUT2D eigenvalue weighted by Gasteiger charge is 2.11. The van der Waals surface area contributed by atoms with Crippen LogP contribution in [0.3, 0.4) is 0 Å². The van der Waals surface area contributed by atoms with Gasteiger partial charge in [0.15, 0.2) is 17.3 Å². The molecule has 6 nitrogen and oxygen atoms in total. The van der Waals surface area contributed by atoms with E-state index in [0.717, 1.165) is 0 Å². The fourth-order valence-electron chi connectivity index (χ4n) is 1.13. The number of nitrogens with zero attached hydrogens (tertiary/aromatic N) is 3. The van der Waals surface area contributed by atoms with Crippen molar-refractivity contribution < 1.29 is 4.63 Å². The highest BCUT2D eigenvalue weighted by Crippen LogP contribution is 2.28. The fraction of sp³-hybridized carbons (Fsp3) is 0. The van der Waals surface area contributed by atoms with Crippen LogP contribution in [0.5, 0.6) is 0 Å². The van der Waals surface area contributed by atoms with Crippen molar-refractivity contribution in [1.82, 2.24) is 10.3 Å². The lowest BCUT2D eigenvalue weighted by atomic mass is 10.3. The van der Waals surface area contributed by atoms with Crippen LogP contribution in [-0.2, 0) is 0 Å². The summed E-state index contributed by atoms with van der Waals surface area (Å²) in [6.07, 6.45) is 0. The van der Waals surface area contributed by atoms with Crippen molar-refractivity contribution in [2.24, 2.45) is 10.7 Å². The summed E-state index contributed by atoms with van der Waals surface area (Å²) in [6.45, 7) is 0. The van der Waals surface area contributed by atoms with E-state index in [1.165, 1.54) is 0 Å². The zero-order chi connectivity index (χ0) is 12.4. The smallest absolute Gasteiger partial charge is 0.199 e. The van der Waals surface area contributed by atoms with Crippen LogP contribution in [0.15, 0.2) is 27.8 Å². The molecule has 1 aromatic carbocycles. The topological polar surface area (TPSA) is 103 Å². The molecule has 0 atom stereocenters. The van der Waals surface area contributed by atoms with Gasteiger partial charge in [0, 0.05) is 5.02 Å². The minimum Gasteiger partial charge on any atom is -0.382 e. The molecule has 2 rings (SSSR count). The minimum atomic E-state index is 0.0629. The van der Waals surface area contributed by atoms with Gasteiger partial charge in [0.2, 0.25) is 0 Å². The molecule has 1 heterocycles. The molecule has 17 heavy (non-hydrogen) atoms. The Bertz CT molecular complexity index is 581. The van der Waals surface area contributed by atoms with Gasteiger partial charge in [0.25, 0.3) is 0 Å². The molecule has 0 saturated heterocycles. The van der Waals surface area contributed by atoms with Crippen LogP contribution in [0.4, 0.5) is 11.5 Å². The second-order valence-electron chi connectivity index (χ2n) is 3.09. The Labute approximate surface area is 106 Å². The predicted molar refractivity (Wildman–Crippen MR) is 65.6 cm³/mol. The third-order valence-corrected chi connectivity index (χ3v) is 2.44. The van der Waals surface area contributed by atoms with E-state index in [1.54, 1.807) is 18.2 Å². The van der Waals surface area contributed by atoms with Crippen molar-refractivity contribution in [2.45, 2.75) is 0 Å². The van der Waals surface area contributed by atoms with Gasteiger partial charge in [-0.2, -0.15) is 0 Å². The molecule has 2 aromatic rings. The number of hydrogen-bond donors (Lipinski definition) is 2. The van der Waals surface area contributed by atoms with Gasteiger partial charge in [-0.3, -0.25) is 0 Å². The van der Waals surface area contributed by atoms with E-state index in [0.29, 0.717) is 15.7 Å². The fourth-order valence-corrected chi connectivity index (χ4v) is 1.58. The molecule has 0 aliphatic rings. The first-order valence-corrected chi connectivity index (χ1v) is 5.21. The Kier molecular flexibility index (Phi) is 3.16. The second kappa shape index (κ2) is 4.60. The van der Waals surface area contributed by atoms with E-state index >= 15 is 0 Å². The van der Waals surface area contributed by atoms with Gasteiger partial charge >= 0.3 is 0 Å². The number of amidine groups is 1. The van der Waals surface area contributed by atoms with Gasteiger partial charge in [-0.1, -0.05) is 23.2 Å². The molecule has 0 saturated carbocycles. The third-order valence-electron chi connectivity index (χ3n) is 1.91. The molecule has 0 aliphatic carbocycles. The molecule has 8 heteroatoms. The molecule has 0 spiro atoms. The lowest BCUT2D eigenvalue weighted by Gasteiger charge is -2.00. The Morgan fingerprint density at radius 2 is 2.06 bits per heavy atom. The van der Waals surface area contributed by atoms with E-state index < -0.39 is 0 Å². The van der Waals surface area contributed by atoms with Gasteiger partial charge in [0.1, 0.15) is 0 Å². The zero-order valence-corrected chi connectivity index (χ0v) is 9.90. The summed E-state index contributed by atoms with van der Waals surface area (Å²) >= 11 is 11.7. The van der Waals surface area contributed by atoms with E-state index in [9.17, 15) is 0 Å². The van der Waals surface area contributed by atoms with Crippen LogP contribution in [0, 0.1) is 0 Å². The first-order chi connectivity index (χ1) is 8.08. The van der Waals surface area contributed by atoms with Crippen molar-refractivity contribution in [3.05, 3.63) is 33.9 Å². The van der Waals surface area contributed by atoms with Crippen molar-refractivity contribution in [1.29, 1.82) is 0 Å². The number of nitrogens with two attached hydrogens (primary N) is 2. The maximum absolute atomic E-state index is 5.94. The Morgan fingerprint density at radius 1 is 1.29 bits per heavy atom. The Hall–Kier alpha value is -1.79. The van der Waals surface area contributed by atoms with Crippen LogP contribution in [-0.4, -0.2) is 16.1 Å². The normalized spacial score (nSPS) is 11.8. The van der Waals surface area contributed by atoms with Gasteiger partial charge in [-0.05, 0) is 28.5 Å². The van der Waals surface area contributed by atoms with Crippen molar-refractivity contribution >= 4 is 40.5 Å². The Morgan fingerprint density at radius 3 is 2.65 bits per heavy atom. The highest BCUT2D eigenvalue weighted by atomic mass is 35.5. The number of benzene rings is 1. The first-order valence-electron chi connectivity index (χ1n) is 4.45. The summed E-state index contributed by atoms with van der Waals surface area (Å²) < 4.78 is 4.41. The monoisotopic (exact) mass is 271 g/mol. The zero-order valence-electron chi connectivity index (χ0n) is 8.39. The molecular formula is C9H7Cl2N5O. The van der Waals surface area contributed by atoms with Crippen molar-refractivity contribution in [2.75, 3.05) is 5.73 Å². The Balaban J connectivity index is 2.39. The number of rotatable bonds is 2. The summed E-state index contributed by atoms with van der Waals surface area (Å²) in [5.41, 5.74) is 11.8. The average Bonchev–Trinajstić information content (AvgIpc) is 2.68. The van der Waals surface area contributed by atoms with E-state index in [4.69, 9.17) is 34.7 Å². The first kappa shape index (κ1) is 11.7. The maximum Gasteiger partial charge on any atom is 0.199 e. The molecular weight excluding hydrogens is 265 g/mol. The number of anilines is 1. The number of hydrogen-bond acceptors (Lipinski definition) is 5. The van der Waals surface area contributed by atoms with E-state index in [-0.39, 0.29) is 17.3 Å². The molecule has 0 unspecified atom stereocenters. The molecule has 88 valence electrons.